The summed E-state index contributed by atoms with van der Waals surface area (Å²) in [6, 6.07) is 0. The fraction of sp³-hybridized carbons (Fsp3) is 0.611. The van der Waals surface area contributed by atoms with Gasteiger partial charge in [-0.05, 0) is 89.9 Å². The summed E-state index contributed by atoms with van der Waals surface area (Å²) in [5.74, 6) is -1.03. The van der Waals surface area contributed by atoms with Crippen LogP contribution in [0.15, 0.2) is 109 Å². The zero-order chi connectivity index (χ0) is 43.7. The van der Waals surface area contributed by atoms with Crippen molar-refractivity contribution in [3.05, 3.63) is 109 Å². The summed E-state index contributed by atoms with van der Waals surface area (Å²) >= 11 is 0. The average molecular weight is 831 g/mol. The van der Waals surface area contributed by atoms with Crippen LogP contribution in [0.3, 0.4) is 0 Å². The molecule has 6 nitrogen and oxygen atoms in total. The van der Waals surface area contributed by atoms with Crippen molar-refractivity contribution >= 4 is 17.9 Å². The van der Waals surface area contributed by atoms with E-state index in [-0.39, 0.29) is 44.0 Å². The lowest BCUT2D eigenvalue weighted by atomic mass is 10.1. The third-order valence-corrected chi connectivity index (χ3v) is 9.54. The Morgan fingerprint density at radius 2 is 0.683 bits per heavy atom. The summed E-state index contributed by atoms with van der Waals surface area (Å²) in [7, 11) is 0. The molecule has 0 amide bonds. The molecule has 0 aromatic rings. The number of esters is 3. The number of carbonyl (C=O) groups excluding carboxylic acids is 3. The average Bonchev–Trinajstić information content (AvgIpc) is 3.24. The molecule has 0 bridgehead atoms. The molecule has 0 aliphatic carbocycles. The van der Waals surface area contributed by atoms with Gasteiger partial charge in [0.05, 0.1) is 0 Å². The number of rotatable bonds is 41. The maximum absolute atomic E-state index is 12.7. The minimum absolute atomic E-state index is 0.112. The molecule has 0 aromatic carbocycles. The monoisotopic (exact) mass is 831 g/mol. The van der Waals surface area contributed by atoms with Crippen molar-refractivity contribution < 1.29 is 28.6 Å². The molecule has 0 aliphatic heterocycles. The van der Waals surface area contributed by atoms with E-state index in [1.165, 1.54) is 38.5 Å². The Bertz CT molecular complexity index is 1280. The van der Waals surface area contributed by atoms with Crippen LogP contribution in [0, 0.1) is 0 Å². The maximum Gasteiger partial charge on any atom is 0.306 e. The lowest BCUT2D eigenvalue weighted by Crippen LogP contribution is -2.30. The van der Waals surface area contributed by atoms with Gasteiger partial charge in [-0.3, -0.25) is 14.4 Å². The van der Waals surface area contributed by atoms with Crippen LogP contribution in [-0.4, -0.2) is 37.2 Å². The first-order valence-electron chi connectivity index (χ1n) is 23.9. The predicted octanol–water partition coefficient (Wildman–Crippen LogP) is 15.6. The van der Waals surface area contributed by atoms with Crippen LogP contribution in [0.25, 0.3) is 0 Å². The smallest absolute Gasteiger partial charge is 0.306 e. The number of hydrogen-bond donors (Lipinski definition) is 0. The van der Waals surface area contributed by atoms with E-state index in [1.54, 1.807) is 0 Å². The van der Waals surface area contributed by atoms with Gasteiger partial charge in [-0.2, -0.15) is 0 Å². The molecule has 0 spiro atoms. The van der Waals surface area contributed by atoms with Gasteiger partial charge in [-0.1, -0.05) is 194 Å². The Balaban J connectivity index is 4.52. The molecule has 0 rings (SSSR count). The van der Waals surface area contributed by atoms with Gasteiger partial charge in [0.25, 0.3) is 0 Å². The molecule has 1 unspecified atom stereocenters. The Morgan fingerprint density at radius 3 is 1.12 bits per heavy atom. The Hall–Kier alpha value is -3.93. The standard InChI is InChI=1S/C54H86O6/c1-4-7-10-13-16-19-21-23-25-26-27-28-29-31-32-35-38-41-44-47-53(56)59-50-51(49-58-52(55)46-43-40-37-34-18-15-12-9-6-3)60-54(57)48-45-42-39-36-33-30-24-22-20-17-14-11-8-5-2/h7-8,10-11,16-17,19-20,23-25,27-28,30-32,38,41,51H,4-6,9,12-15,18,21-22,26,29,33-37,39-40,42-50H2,1-3H3/b10-7-,11-8-,19-16-,20-17-,25-23-,28-27-,30-24-,32-31-,41-38-. The van der Waals surface area contributed by atoms with Crippen molar-refractivity contribution in [2.24, 2.45) is 0 Å². The van der Waals surface area contributed by atoms with Crippen molar-refractivity contribution in [1.29, 1.82) is 0 Å². The summed E-state index contributed by atoms with van der Waals surface area (Å²) in [6.45, 7) is 6.28. The van der Waals surface area contributed by atoms with Gasteiger partial charge < -0.3 is 14.2 Å². The van der Waals surface area contributed by atoms with Crippen molar-refractivity contribution in [1.82, 2.24) is 0 Å². The highest BCUT2D eigenvalue weighted by atomic mass is 16.6. The molecule has 0 radical (unpaired) electrons. The van der Waals surface area contributed by atoms with E-state index in [0.29, 0.717) is 12.8 Å². The molecule has 0 heterocycles. The number of ether oxygens (including phenoxy) is 3. The lowest BCUT2D eigenvalue weighted by molar-refractivity contribution is -0.166. The van der Waals surface area contributed by atoms with E-state index >= 15 is 0 Å². The highest BCUT2D eigenvalue weighted by molar-refractivity contribution is 5.71. The minimum atomic E-state index is -0.818. The lowest BCUT2D eigenvalue weighted by Gasteiger charge is -2.18. The van der Waals surface area contributed by atoms with Crippen molar-refractivity contribution in [3.8, 4) is 0 Å². The molecular formula is C54H86O6. The van der Waals surface area contributed by atoms with Crippen LogP contribution < -0.4 is 0 Å². The first kappa shape index (κ1) is 56.1. The number of allylic oxidation sites excluding steroid dienone is 18. The zero-order valence-corrected chi connectivity index (χ0v) is 38.4. The molecule has 0 aliphatic rings. The first-order valence-corrected chi connectivity index (χ1v) is 23.9. The molecule has 0 N–H and O–H groups in total. The second-order valence-corrected chi connectivity index (χ2v) is 15.3. The summed E-state index contributed by atoms with van der Waals surface area (Å²) < 4.78 is 16.6. The summed E-state index contributed by atoms with van der Waals surface area (Å²) in [5.41, 5.74) is 0. The Morgan fingerprint density at radius 1 is 0.350 bits per heavy atom. The van der Waals surface area contributed by atoms with Crippen LogP contribution in [0.4, 0.5) is 0 Å². The summed E-state index contributed by atoms with van der Waals surface area (Å²) in [5, 5.41) is 0. The van der Waals surface area contributed by atoms with E-state index < -0.39 is 6.10 Å². The molecule has 60 heavy (non-hydrogen) atoms. The van der Waals surface area contributed by atoms with Gasteiger partial charge in [0.15, 0.2) is 6.10 Å². The van der Waals surface area contributed by atoms with Crippen LogP contribution in [0.5, 0.6) is 0 Å². The Labute approximate surface area is 368 Å². The predicted molar refractivity (Wildman–Crippen MR) is 256 cm³/mol. The van der Waals surface area contributed by atoms with Crippen LogP contribution in [0.1, 0.15) is 194 Å². The number of hydrogen-bond acceptors (Lipinski definition) is 6. The SMILES string of the molecule is CC/C=C\C/C=C\C/C=C\C/C=C\C/C=C\C/C=C\CCC(=O)OCC(COC(=O)CCCCCCCCCCC)OC(=O)CCCCCC/C=C\C/C=C\C/C=C\CC. The molecule has 0 saturated carbocycles. The molecule has 0 fully saturated rings. The van der Waals surface area contributed by atoms with Crippen molar-refractivity contribution in [2.75, 3.05) is 13.2 Å². The second kappa shape index (κ2) is 47.7. The molecule has 6 heteroatoms. The van der Waals surface area contributed by atoms with Crippen LogP contribution in [0.2, 0.25) is 0 Å². The topological polar surface area (TPSA) is 78.9 Å². The van der Waals surface area contributed by atoms with Crippen molar-refractivity contribution in [2.45, 2.75) is 200 Å². The fourth-order valence-corrected chi connectivity index (χ4v) is 6.01. The highest BCUT2D eigenvalue weighted by Crippen LogP contribution is 2.12. The minimum Gasteiger partial charge on any atom is -0.462 e. The number of unbranched alkanes of at least 4 members (excludes halogenated alkanes) is 12. The molecule has 1 atom stereocenters. The molecule has 338 valence electrons. The van der Waals surface area contributed by atoms with Gasteiger partial charge in [-0.15, -0.1) is 0 Å². The van der Waals surface area contributed by atoms with E-state index in [0.717, 1.165) is 109 Å². The fourth-order valence-electron chi connectivity index (χ4n) is 6.01. The quantitative estimate of drug-likeness (QED) is 0.0264. The zero-order valence-electron chi connectivity index (χ0n) is 38.4. The van der Waals surface area contributed by atoms with Gasteiger partial charge in [0.1, 0.15) is 13.2 Å². The van der Waals surface area contributed by atoms with Crippen molar-refractivity contribution in [3.63, 3.8) is 0 Å². The maximum atomic E-state index is 12.7. The van der Waals surface area contributed by atoms with Crippen LogP contribution in [-0.2, 0) is 28.6 Å². The normalized spacial score (nSPS) is 13.1. The van der Waals surface area contributed by atoms with Gasteiger partial charge in [-0.25, -0.2) is 0 Å². The van der Waals surface area contributed by atoms with Crippen LogP contribution >= 0.6 is 0 Å². The van der Waals surface area contributed by atoms with E-state index in [4.69, 9.17) is 14.2 Å². The Kier molecular flexibility index (Phi) is 44.6. The van der Waals surface area contributed by atoms with Gasteiger partial charge in [0, 0.05) is 19.3 Å². The summed E-state index contributed by atoms with van der Waals surface area (Å²) in [6.07, 6.45) is 63.7. The van der Waals surface area contributed by atoms with E-state index in [9.17, 15) is 14.4 Å². The third kappa shape index (κ3) is 45.2. The van der Waals surface area contributed by atoms with Gasteiger partial charge in [0.2, 0.25) is 0 Å². The summed E-state index contributed by atoms with van der Waals surface area (Å²) in [4.78, 5) is 37.7. The van der Waals surface area contributed by atoms with Gasteiger partial charge >= 0.3 is 17.9 Å². The molecule has 0 saturated heterocycles. The second-order valence-electron chi connectivity index (χ2n) is 15.3. The molecule has 0 aromatic heterocycles. The third-order valence-electron chi connectivity index (χ3n) is 9.54. The van der Waals surface area contributed by atoms with E-state index in [2.05, 4.69) is 118 Å². The molecular weight excluding hydrogens is 745 g/mol. The first-order chi connectivity index (χ1) is 29.5. The largest absolute Gasteiger partial charge is 0.462 e. The highest BCUT2D eigenvalue weighted by Gasteiger charge is 2.19. The number of carbonyl (C=O) groups is 3. The van der Waals surface area contributed by atoms with E-state index in [1.807, 2.05) is 12.2 Å².